The Morgan fingerprint density at radius 1 is 1.03 bits per heavy atom. The molecule has 5 rings (SSSR count). The van der Waals surface area contributed by atoms with Crippen molar-refractivity contribution in [3.8, 4) is 5.69 Å². The standard InChI is InChI=1S/C25H28N6OS/c1-4-21-26-23(29-12-8-13-30(15-14-29)25(32)20-11-7-16-33-20)22-18(3)28-31(24(22)27-21)19-10-6-5-9-17(19)2/h5-7,9-11,16H,4,8,12-15H2,1-3H3. The number of anilines is 1. The summed E-state index contributed by atoms with van der Waals surface area (Å²) < 4.78 is 1.95. The second-order valence-electron chi connectivity index (χ2n) is 8.41. The maximum atomic E-state index is 12.9. The number of fused-ring (bicyclic) bond motifs is 1. The van der Waals surface area contributed by atoms with Gasteiger partial charge >= 0.3 is 0 Å². The molecule has 3 aromatic heterocycles. The van der Waals surface area contributed by atoms with Gasteiger partial charge in [0.1, 0.15) is 11.6 Å². The Balaban J connectivity index is 1.53. The summed E-state index contributed by atoms with van der Waals surface area (Å²) in [5, 5.41) is 7.82. The van der Waals surface area contributed by atoms with Crippen LogP contribution in [0.2, 0.25) is 0 Å². The zero-order valence-corrected chi connectivity index (χ0v) is 20.1. The van der Waals surface area contributed by atoms with Crippen LogP contribution < -0.4 is 4.90 Å². The minimum absolute atomic E-state index is 0.123. The highest BCUT2D eigenvalue weighted by atomic mass is 32.1. The molecule has 0 spiro atoms. The zero-order valence-electron chi connectivity index (χ0n) is 19.3. The maximum Gasteiger partial charge on any atom is 0.263 e. The van der Waals surface area contributed by atoms with Crippen molar-refractivity contribution >= 4 is 34.1 Å². The monoisotopic (exact) mass is 460 g/mol. The van der Waals surface area contributed by atoms with Gasteiger partial charge in [-0.2, -0.15) is 5.10 Å². The lowest BCUT2D eigenvalue weighted by atomic mass is 10.2. The van der Waals surface area contributed by atoms with Crippen molar-refractivity contribution in [2.75, 3.05) is 31.1 Å². The number of nitrogens with zero attached hydrogens (tertiary/aromatic N) is 6. The average Bonchev–Trinajstić information content (AvgIpc) is 3.40. The second-order valence-corrected chi connectivity index (χ2v) is 9.36. The first-order chi connectivity index (χ1) is 16.1. The fourth-order valence-corrected chi connectivity index (χ4v) is 5.14. The molecule has 1 amide bonds. The first kappa shape index (κ1) is 21.6. The van der Waals surface area contributed by atoms with E-state index < -0.39 is 0 Å². The number of benzene rings is 1. The fraction of sp³-hybridized carbons (Fsp3) is 0.360. The highest BCUT2D eigenvalue weighted by Crippen LogP contribution is 2.30. The third kappa shape index (κ3) is 3.99. The van der Waals surface area contributed by atoms with E-state index in [1.165, 1.54) is 11.3 Å². The number of carbonyl (C=O) groups is 1. The molecule has 0 bridgehead atoms. The average molecular weight is 461 g/mol. The van der Waals surface area contributed by atoms with Gasteiger partial charge in [-0.1, -0.05) is 31.2 Å². The molecule has 1 saturated heterocycles. The molecule has 0 saturated carbocycles. The summed E-state index contributed by atoms with van der Waals surface area (Å²) in [4.78, 5) is 27.8. The summed E-state index contributed by atoms with van der Waals surface area (Å²) in [6.07, 6.45) is 1.65. The zero-order chi connectivity index (χ0) is 22.9. The van der Waals surface area contributed by atoms with Crippen LogP contribution in [-0.2, 0) is 6.42 Å². The minimum atomic E-state index is 0.123. The number of hydrogen-bond acceptors (Lipinski definition) is 6. The van der Waals surface area contributed by atoms with Gasteiger partial charge in [-0.3, -0.25) is 4.79 Å². The number of carbonyl (C=O) groups excluding carboxylic acids is 1. The second kappa shape index (κ2) is 8.94. The Labute approximate surface area is 197 Å². The minimum Gasteiger partial charge on any atom is -0.354 e. The van der Waals surface area contributed by atoms with Gasteiger partial charge in [-0.05, 0) is 43.3 Å². The van der Waals surface area contributed by atoms with Crippen LogP contribution in [0.3, 0.4) is 0 Å². The SMILES string of the molecule is CCc1nc(N2CCCN(C(=O)c3cccs3)CC2)c2c(C)nn(-c3ccccc3C)c2n1. The lowest BCUT2D eigenvalue weighted by Crippen LogP contribution is -2.35. The van der Waals surface area contributed by atoms with Crippen molar-refractivity contribution < 1.29 is 4.79 Å². The predicted octanol–water partition coefficient (Wildman–Crippen LogP) is 4.41. The summed E-state index contributed by atoms with van der Waals surface area (Å²) in [6.45, 7) is 9.21. The van der Waals surface area contributed by atoms with E-state index in [1.54, 1.807) is 0 Å². The van der Waals surface area contributed by atoms with E-state index in [4.69, 9.17) is 15.1 Å². The quantitative estimate of drug-likeness (QED) is 0.451. The van der Waals surface area contributed by atoms with Crippen LogP contribution in [0, 0.1) is 13.8 Å². The van der Waals surface area contributed by atoms with Gasteiger partial charge in [-0.25, -0.2) is 14.6 Å². The summed E-state index contributed by atoms with van der Waals surface area (Å²) in [5.74, 6) is 1.86. The van der Waals surface area contributed by atoms with Crippen LogP contribution in [-0.4, -0.2) is 56.7 Å². The molecule has 4 heterocycles. The van der Waals surface area contributed by atoms with Gasteiger partial charge in [0, 0.05) is 32.6 Å². The molecular weight excluding hydrogens is 432 g/mol. The number of aromatic nitrogens is 4. The largest absolute Gasteiger partial charge is 0.354 e. The van der Waals surface area contributed by atoms with Crippen LogP contribution in [0.4, 0.5) is 5.82 Å². The molecular formula is C25H28N6OS. The first-order valence-corrected chi connectivity index (χ1v) is 12.3. The summed E-state index contributed by atoms with van der Waals surface area (Å²) in [6, 6.07) is 12.1. The van der Waals surface area contributed by atoms with E-state index in [9.17, 15) is 4.79 Å². The molecule has 8 heteroatoms. The summed E-state index contributed by atoms with van der Waals surface area (Å²) in [7, 11) is 0. The van der Waals surface area contributed by atoms with Crippen molar-refractivity contribution in [3.05, 3.63) is 63.7 Å². The molecule has 0 aliphatic carbocycles. The van der Waals surface area contributed by atoms with E-state index in [2.05, 4.69) is 30.9 Å². The van der Waals surface area contributed by atoms with E-state index in [0.717, 1.165) is 77.0 Å². The molecule has 4 aromatic rings. The van der Waals surface area contributed by atoms with E-state index in [-0.39, 0.29) is 5.91 Å². The number of aryl methyl sites for hydroxylation is 3. The van der Waals surface area contributed by atoms with E-state index in [0.29, 0.717) is 6.54 Å². The van der Waals surface area contributed by atoms with Crippen LogP contribution in [0.15, 0.2) is 41.8 Å². The van der Waals surface area contributed by atoms with Crippen LogP contribution >= 0.6 is 11.3 Å². The molecule has 33 heavy (non-hydrogen) atoms. The van der Waals surface area contributed by atoms with Crippen LogP contribution in [0.1, 0.15) is 40.1 Å². The number of rotatable bonds is 4. The Morgan fingerprint density at radius 3 is 2.64 bits per heavy atom. The number of amides is 1. The van der Waals surface area contributed by atoms with Crippen molar-refractivity contribution in [2.24, 2.45) is 0 Å². The predicted molar refractivity (Wildman–Crippen MR) is 133 cm³/mol. The molecule has 0 N–H and O–H groups in total. The van der Waals surface area contributed by atoms with E-state index >= 15 is 0 Å². The number of hydrogen-bond donors (Lipinski definition) is 0. The number of para-hydroxylation sites is 1. The molecule has 7 nitrogen and oxygen atoms in total. The Bertz CT molecular complexity index is 1300. The van der Waals surface area contributed by atoms with Gasteiger partial charge < -0.3 is 9.80 Å². The van der Waals surface area contributed by atoms with Crippen LogP contribution in [0.5, 0.6) is 0 Å². The Hall–Kier alpha value is -3.26. The molecule has 0 radical (unpaired) electrons. The van der Waals surface area contributed by atoms with Crippen molar-refractivity contribution in [2.45, 2.75) is 33.6 Å². The van der Waals surface area contributed by atoms with Crippen molar-refractivity contribution in [1.82, 2.24) is 24.6 Å². The molecule has 1 aliphatic rings. The smallest absolute Gasteiger partial charge is 0.263 e. The maximum absolute atomic E-state index is 12.9. The molecule has 0 atom stereocenters. The third-order valence-corrected chi connectivity index (χ3v) is 7.06. The Morgan fingerprint density at radius 2 is 1.88 bits per heavy atom. The lowest BCUT2D eigenvalue weighted by molar-refractivity contribution is 0.0772. The van der Waals surface area contributed by atoms with Gasteiger partial charge in [0.2, 0.25) is 0 Å². The Kier molecular flexibility index (Phi) is 5.85. The first-order valence-electron chi connectivity index (χ1n) is 11.5. The van der Waals surface area contributed by atoms with Crippen LogP contribution in [0.25, 0.3) is 16.7 Å². The van der Waals surface area contributed by atoms with Gasteiger partial charge in [-0.15, -0.1) is 11.3 Å². The third-order valence-electron chi connectivity index (χ3n) is 6.20. The normalized spacial score (nSPS) is 14.6. The lowest BCUT2D eigenvalue weighted by Gasteiger charge is -2.23. The van der Waals surface area contributed by atoms with Gasteiger partial charge in [0.25, 0.3) is 5.91 Å². The topological polar surface area (TPSA) is 67.2 Å². The molecule has 0 unspecified atom stereocenters. The summed E-state index contributed by atoms with van der Waals surface area (Å²) in [5.41, 5.74) is 3.95. The van der Waals surface area contributed by atoms with Gasteiger partial charge in [0.15, 0.2) is 5.65 Å². The fourth-order valence-electron chi connectivity index (χ4n) is 4.45. The summed E-state index contributed by atoms with van der Waals surface area (Å²) >= 11 is 1.50. The van der Waals surface area contributed by atoms with E-state index in [1.807, 2.05) is 46.2 Å². The molecule has 170 valence electrons. The number of thiophene rings is 1. The van der Waals surface area contributed by atoms with Crippen molar-refractivity contribution in [1.29, 1.82) is 0 Å². The molecule has 1 fully saturated rings. The highest BCUT2D eigenvalue weighted by molar-refractivity contribution is 7.12. The van der Waals surface area contributed by atoms with Gasteiger partial charge in [0.05, 0.1) is 21.6 Å². The molecule has 1 aliphatic heterocycles. The molecule has 1 aromatic carbocycles. The van der Waals surface area contributed by atoms with Crippen molar-refractivity contribution in [3.63, 3.8) is 0 Å². The highest BCUT2D eigenvalue weighted by Gasteiger charge is 2.25.